The van der Waals surface area contributed by atoms with Crippen molar-refractivity contribution >= 4 is 17.0 Å². The highest BCUT2D eigenvalue weighted by Gasteiger charge is 2.09. The molecule has 0 saturated carbocycles. The minimum absolute atomic E-state index is 0.672. The fraction of sp³-hybridized carbons (Fsp3) is 0.111. The highest BCUT2D eigenvalue weighted by atomic mass is 32.1. The fourth-order valence-electron chi connectivity index (χ4n) is 2.14. The minimum atomic E-state index is 0.672. The van der Waals surface area contributed by atoms with E-state index in [2.05, 4.69) is 28.5 Å². The number of nitriles is 1. The average Bonchev–Trinajstić information content (AvgIpc) is 2.95. The van der Waals surface area contributed by atoms with Gasteiger partial charge in [-0.25, -0.2) is 4.98 Å². The Kier molecular flexibility index (Phi) is 4.17. The van der Waals surface area contributed by atoms with E-state index in [4.69, 9.17) is 5.26 Å². The van der Waals surface area contributed by atoms with Gasteiger partial charge in [-0.15, -0.1) is 11.3 Å². The molecule has 0 fully saturated rings. The van der Waals surface area contributed by atoms with Gasteiger partial charge < -0.3 is 5.32 Å². The molecule has 0 spiro atoms. The number of anilines is 1. The molecule has 22 heavy (non-hydrogen) atoms. The number of nitrogens with zero attached hydrogens (tertiary/aromatic N) is 2. The molecule has 1 heterocycles. The van der Waals surface area contributed by atoms with Crippen LogP contribution in [-0.2, 0) is 6.54 Å². The zero-order valence-corrected chi connectivity index (χ0v) is 13.0. The van der Waals surface area contributed by atoms with E-state index in [1.165, 1.54) is 4.88 Å². The summed E-state index contributed by atoms with van der Waals surface area (Å²) in [6, 6.07) is 19.8. The zero-order valence-electron chi connectivity index (χ0n) is 12.2. The van der Waals surface area contributed by atoms with Crippen molar-refractivity contribution in [3.63, 3.8) is 0 Å². The summed E-state index contributed by atoms with van der Waals surface area (Å²) < 4.78 is 0. The van der Waals surface area contributed by atoms with Gasteiger partial charge >= 0.3 is 0 Å². The first kappa shape index (κ1) is 14.3. The van der Waals surface area contributed by atoms with Crippen LogP contribution in [0.4, 0.5) is 5.69 Å². The van der Waals surface area contributed by atoms with E-state index < -0.39 is 0 Å². The van der Waals surface area contributed by atoms with Crippen LogP contribution in [-0.4, -0.2) is 4.98 Å². The van der Waals surface area contributed by atoms with Gasteiger partial charge in [0.15, 0.2) is 0 Å². The number of rotatable bonds is 4. The lowest BCUT2D eigenvalue weighted by molar-refractivity contribution is 1.12. The molecule has 1 aromatic heterocycles. The Labute approximate surface area is 133 Å². The van der Waals surface area contributed by atoms with E-state index in [-0.39, 0.29) is 0 Å². The summed E-state index contributed by atoms with van der Waals surface area (Å²) in [6.45, 7) is 2.78. The van der Waals surface area contributed by atoms with Crippen molar-refractivity contribution in [2.75, 3.05) is 5.32 Å². The monoisotopic (exact) mass is 305 g/mol. The van der Waals surface area contributed by atoms with Crippen LogP contribution in [0.5, 0.6) is 0 Å². The van der Waals surface area contributed by atoms with Crippen LogP contribution in [0.25, 0.3) is 10.6 Å². The number of nitrogens with one attached hydrogen (secondary N) is 1. The van der Waals surface area contributed by atoms with E-state index in [1.54, 1.807) is 11.3 Å². The molecule has 0 bridgehead atoms. The van der Waals surface area contributed by atoms with Gasteiger partial charge in [-0.2, -0.15) is 5.26 Å². The Morgan fingerprint density at radius 3 is 2.50 bits per heavy atom. The van der Waals surface area contributed by atoms with Gasteiger partial charge in [-0.05, 0) is 31.2 Å². The van der Waals surface area contributed by atoms with Crippen LogP contribution in [0.3, 0.4) is 0 Å². The molecule has 108 valence electrons. The van der Waals surface area contributed by atoms with Crippen LogP contribution in [0.2, 0.25) is 0 Å². The van der Waals surface area contributed by atoms with E-state index in [0.717, 1.165) is 28.5 Å². The first-order valence-corrected chi connectivity index (χ1v) is 7.83. The fourth-order valence-corrected chi connectivity index (χ4v) is 3.15. The molecule has 0 aliphatic carbocycles. The van der Waals surface area contributed by atoms with Gasteiger partial charge in [-0.1, -0.05) is 30.3 Å². The van der Waals surface area contributed by atoms with Crippen molar-refractivity contribution in [3.8, 4) is 16.6 Å². The van der Waals surface area contributed by atoms with Crippen molar-refractivity contribution in [1.29, 1.82) is 5.26 Å². The highest BCUT2D eigenvalue weighted by molar-refractivity contribution is 7.15. The van der Waals surface area contributed by atoms with Crippen LogP contribution in [0.1, 0.15) is 16.1 Å². The van der Waals surface area contributed by atoms with Crippen molar-refractivity contribution in [1.82, 2.24) is 4.98 Å². The van der Waals surface area contributed by atoms with Crippen LogP contribution in [0.15, 0.2) is 54.6 Å². The van der Waals surface area contributed by atoms with Crippen LogP contribution >= 0.6 is 11.3 Å². The lowest BCUT2D eigenvalue weighted by Gasteiger charge is -2.04. The highest BCUT2D eigenvalue weighted by Crippen LogP contribution is 2.28. The number of hydrogen-bond donors (Lipinski definition) is 1. The predicted octanol–water partition coefficient (Wildman–Crippen LogP) is 4.60. The quantitative estimate of drug-likeness (QED) is 0.766. The molecule has 0 saturated heterocycles. The van der Waals surface area contributed by atoms with Gasteiger partial charge in [0.05, 0.1) is 23.9 Å². The predicted molar refractivity (Wildman–Crippen MR) is 90.8 cm³/mol. The summed E-state index contributed by atoms with van der Waals surface area (Å²) in [5, 5.41) is 13.2. The second-order valence-corrected chi connectivity index (χ2v) is 6.02. The first-order chi connectivity index (χ1) is 10.8. The lowest BCUT2D eigenvalue weighted by Crippen LogP contribution is -1.98. The maximum atomic E-state index is 8.81. The standard InChI is InChI=1S/C18H15N3S/c1-13-17(12-20-16-9-7-14(11-19)8-10-16)22-18(21-13)15-5-3-2-4-6-15/h2-10,20H,12H2,1H3. The summed E-state index contributed by atoms with van der Waals surface area (Å²) in [5.41, 5.74) is 3.89. The smallest absolute Gasteiger partial charge is 0.123 e. The number of benzene rings is 2. The van der Waals surface area contributed by atoms with Gasteiger partial charge in [0.25, 0.3) is 0 Å². The molecule has 4 heteroatoms. The Hall–Kier alpha value is -2.64. The summed E-state index contributed by atoms with van der Waals surface area (Å²) in [7, 11) is 0. The molecule has 0 radical (unpaired) electrons. The maximum absolute atomic E-state index is 8.81. The number of aromatic nitrogens is 1. The minimum Gasteiger partial charge on any atom is -0.380 e. The SMILES string of the molecule is Cc1nc(-c2ccccc2)sc1CNc1ccc(C#N)cc1. The van der Waals surface area contributed by atoms with Gasteiger partial charge in [0.2, 0.25) is 0 Å². The molecule has 0 atom stereocenters. The Bertz CT molecular complexity index is 799. The molecule has 0 aliphatic rings. The zero-order chi connectivity index (χ0) is 15.4. The summed E-state index contributed by atoms with van der Waals surface area (Å²) >= 11 is 1.71. The largest absolute Gasteiger partial charge is 0.380 e. The molecule has 3 aromatic rings. The third-order valence-electron chi connectivity index (χ3n) is 3.38. The van der Waals surface area contributed by atoms with Crippen LogP contribution in [0, 0.1) is 18.3 Å². The number of thiazole rings is 1. The summed E-state index contributed by atoms with van der Waals surface area (Å²) in [6.07, 6.45) is 0. The van der Waals surface area contributed by atoms with Crippen molar-refractivity contribution in [2.24, 2.45) is 0 Å². The van der Waals surface area contributed by atoms with Crippen molar-refractivity contribution < 1.29 is 0 Å². The molecule has 0 aliphatic heterocycles. The van der Waals surface area contributed by atoms with Crippen LogP contribution < -0.4 is 5.32 Å². The molecule has 2 aromatic carbocycles. The summed E-state index contributed by atoms with van der Waals surface area (Å²) in [4.78, 5) is 5.88. The third kappa shape index (κ3) is 3.16. The van der Waals surface area contributed by atoms with Gasteiger partial charge in [0.1, 0.15) is 5.01 Å². The Morgan fingerprint density at radius 2 is 1.82 bits per heavy atom. The van der Waals surface area contributed by atoms with Crippen molar-refractivity contribution in [2.45, 2.75) is 13.5 Å². The second kappa shape index (κ2) is 6.42. The second-order valence-electron chi connectivity index (χ2n) is 4.94. The van der Waals surface area contributed by atoms with Gasteiger partial charge in [-0.3, -0.25) is 0 Å². The Balaban J connectivity index is 1.73. The summed E-state index contributed by atoms with van der Waals surface area (Å²) in [5.74, 6) is 0. The van der Waals surface area contributed by atoms with Gasteiger partial charge in [0, 0.05) is 16.1 Å². The first-order valence-electron chi connectivity index (χ1n) is 7.02. The van der Waals surface area contributed by atoms with E-state index >= 15 is 0 Å². The molecule has 1 N–H and O–H groups in total. The third-order valence-corrected chi connectivity index (χ3v) is 4.59. The Morgan fingerprint density at radius 1 is 1.09 bits per heavy atom. The molecular weight excluding hydrogens is 290 g/mol. The average molecular weight is 305 g/mol. The van der Waals surface area contributed by atoms with Crippen molar-refractivity contribution in [3.05, 3.63) is 70.7 Å². The van der Waals surface area contributed by atoms with E-state index in [9.17, 15) is 0 Å². The topological polar surface area (TPSA) is 48.7 Å². The normalized spacial score (nSPS) is 10.2. The molecule has 0 amide bonds. The molecular formula is C18H15N3S. The molecule has 0 unspecified atom stereocenters. The molecule has 3 nitrogen and oxygen atoms in total. The number of hydrogen-bond acceptors (Lipinski definition) is 4. The maximum Gasteiger partial charge on any atom is 0.123 e. The lowest BCUT2D eigenvalue weighted by atomic mass is 10.2. The molecule has 3 rings (SSSR count). The van der Waals surface area contributed by atoms with E-state index in [1.807, 2.05) is 49.4 Å². The number of aryl methyl sites for hydroxylation is 1. The van der Waals surface area contributed by atoms with E-state index in [0.29, 0.717) is 5.56 Å².